The molecule has 114 valence electrons. The van der Waals surface area contributed by atoms with Crippen LogP contribution in [-0.4, -0.2) is 24.4 Å². The minimum atomic E-state index is -4.32. The van der Waals surface area contributed by atoms with E-state index in [0.29, 0.717) is 12.4 Å². The maximum atomic E-state index is 12.3. The fraction of sp³-hybridized carbons (Fsp3) is 0.571. The first-order chi connectivity index (χ1) is 9.43. The average Bonchev–Trinajstić information content (AvgIpc) is 2.41. The molecule has 0 radical (unpaired) electrons. The lowest BCUT2D eigenvalue weighted by molar-refractivity contribution is -0.137. The van der Waals surface area contributed by atoms with E-state index in [1.54, 1.807) is 0 Å². The van der Waals surface area contributed by atoms with Crippen LogP contribution >= 0.6 is 0 Å². The molecular weight excluding hydrogens is 271 g/mol. The second-order valence-corrected chi connectivity index (χ2v) is 4.66. The topological polar surface area (TPSA) is 55.5 Å². The van der Waals surface area contributed by atoms with E-state index in [1.165, 1.54) is 12.1 Å². The zero-order chi connectivity index (χ0) is 15.0. The smallest absolute Gasteiger partial charge is 0.416 e. The molecule has 1 unspecified atom stereocenters. The van der Waals surface area contributed by atoms with Crippen LogP contribution in [0, 0.1) is 0 Å². The van der Waals surface area contributed by atoms with Crippen molar-refractivity contribution in [2.45, 2.75) is 37.9 Å². The molecule has 1 rings (SSSR count). The molecule has 0 spiro atoms. The van der Waals surface area contributed by atoms with Crippen molar-refractivity contribution in [2.75, 3.05) is 13.2 Å². The van der Waals surface area contributed by atoms with Gasteiger partial charge in [-0.05, 0) is 37.1 Å². The highest BCUT2D eigenvalue weighted by Crippen LogP contribution is 2.30. The summed E-state index contributed by atoms with van der Waals surface area (Å²) in [6, 6.07) is 4.49. The number of benzene rings is 1. The predicted octanol–water partition coefficient (Wildman–Crippen LogP) is 2.96. The Hall–Kier alpha value is -1.27. The number of halogens is 3. The quantitative estimate of drug-likeness (QED) is 0.724. The molecule has 0 fully saturated rings. The van der Waals surface area contributed by atoms with E-state index in [4.69, 9.17) is 15.6 Å². The number of unbranched alkanes of at least 4 members (excludes halogenated alkanes) is 2. The van der Waals surface area contributed by atoms with E-state index in [-0.39, 0.29) is 12.6 Å². The molecule has 0 heterocycles. The number of nitrogens with two attached hydrogens (primary N) is 1. The van der Waals surface area contributed by atoms with Gasteiger partial charge in [0.1, 0.15) is 5.75 Å². The Kier molecular flexibility index (Phi) is 6.81. The molecule has 0 saturated heterocycles. The highest BCUT2D eigenvalue weighted by molar-refractivity contribution is 5.28. The van der Waals surface area contributed by atoms with Gasteiger partial charge in [0.05, 0.1) is 18.8 Å². The van der Waals surface area contributed by atoms with Crippen molar-refractivity contribution in [3.8, 4) is 5.75 Å². The lowest BCUT2D eigenvalue weighted by Crippen LogP contribution is -2.23. The summed E-state index contributed by atoms with van der Waals surface area (Å²) in [5.74, 6) is 0.435. The van der Waals surface area contributed by atoms with Crippen molar-refractivity contribution in [1.82, 2.24) is 0 Å². The van der Waals surface area contributed by atoms with Gasteiger partial charge in [0.2, 0.25) is 0 Å². The van der Waals surface area contributed by atoms with Gasteiger partial charge in [-0.2, -0.15) is 13.2 Å². The van der Waals surface area contributed by atoms with Gasteiger partial charge in [-0.3, -0.25) is 0 Å². The van der Waals surface area contributed by atoms with Gasteiger partial charge in [0.15, 0.2) is 0 Å². The first-order valence-electron chi connectivity index (χ1n) is 6.60. The van der Waals surface area contributed by atoms with Crippen molar-refractivity contribution in [3.63, 3.8) is 0 Å². The number of hydrogen-bond donors (Lipinski definition) is 2. The van der Waals surface area contributed by atoms with E-state index in [1.807, 2.05) is 0 Å². The van der Waals surface area contributed by atoms with Crippen LogP contribution < -0.4 is 10.5 Å². The molecule has 0 amide bonds. The molecule has 0 aromatic heterocycles. The Morgan fingerprint density at radius 1 is 1.10 bits per heavy atom. The number of rotatable bonds is 8. The number of hydrogen-bond acceptors (Lipinski definition) is 3. The van der Waals surface area contributed by atoms with Gasteiger partial charge in [0.25, 0.3) is 0 Å². The molecule has 3 N–H and O–H groups in total. The van der Waals surface area contributed by atoms with Gasteiger partial charge < -0.3 is 15.6 Å². The molecule has 1 aromatic rings. The summed E-state index contributed by atoms with van der Waals surface area (Å²) < 4.78 is 42.4. The number of ether oxygens (including phenoxy) is 1. The molecule has 0 aliphatic heterocycles. The van der Waals surface area contributed by atoms with Crippen molar-refractivity contribution >= 4 is 0 Å². The highest BCUT2D eigenvalue weighted by Gasteiger charge is 2.29. The summed E-state index contributed by atoms with van der Waals surface area (Å²) in [5.41, 5.74) is 4.88. The highest BCUT2D eigenvalue weighted by atomic mass is 19.4. The molecule has 3 nitrogen and oxygen atoms in total. The van der Waals surface area contributed by atoms with Crippen LogP contribution in [0.2, 0.25) is 0 Å². The Morgan fingerprint density at radius 2 is 1.75 bits per heavy atom. The van der Waals surface area contributed by atoms with Crippen molar-refractivity contribution in [2.24, 2.45) is 5.73 Å². The third kappa shape index (κ3) is 6.25. The summed E-state index contributed by atoms with van der Waals surface area (Å²) in [6.07, 6.45) is -0.938. The van der Waals surface area contributed by atoms with Gasteiger partial charge in [-0.25, -0.2) is 0 Å². The Bertz CT molecular complexity index is 379. The standard InChI is InChI=1S/C14H20F3NO2/c15-14(16,17)11-5-7-13(8-6-11)20-9-3-1-2-4-12(18)10-19/h5-8,12,19H,1-4,9-10,18H2. The second-order valence-electron chi connectivity index (χ2n) is 4.66. The monoisotopic (exact) mass is 291 g/mol. The average molecular weight is 291 g/mol. The Balaban J connectivity index is 2.19. The molecule has 6 heteroatoms. The first-order valence-corrected chi connectivity index (χ1v) is 6.60. The van der Waals surface area contributed by atoms with E-state index < -0.39 is 11.7 Å². The van der Waals surface area contributed by atoms with Crippen LogP contribution in [0.1, 0.15) is 31.2 Å². The van der Waals surface area contributed by atoms with Gasteiger partial charge in [-0.15, -0.1) is 0 Å². The van der Waals surface area contributed by atoms with Crippen molar-refractivity contribution in [3.05, 3.63) is 29.8 Å². The minimum Gasteiger partial charge on any atom is -0.494 e. The molecule has 0 aliphatic carbocycles. The lowest BCUT2D eigenvalue weighted by atomic mass is 10.1. The zero-order valence-corrected chi connectivity index (χ0v) is 11.2. The summed E-state index contributed by atoms with van der Waals surface area (Å²) in [5, 5.41) is 8.74. The largest absolute Gasteiger partial charge is 0.494 e. The maximum absolute atomic E-state index is 12.3. The van der Waals surface area contributed by atoms with Crippen LogP contribution in [0.25, 0.3) is 0 Å². The zero-order valence-electron chi connectivity index (χ0n) is 11.2. The summed E-state index contributed by atoms with van der Waals surface area (Å²) in [4.78, 5) is 0. The fourth-order valence-electron chi connectivity index (χ4n) is 1.71. The Labute approximate surface area is 116 Å². The SMILES string of the molecule is NC(CO)CCCCCOc1ccc(C(F)(F)F)cc1. The van der Waals surface area contributed by atoms with Crippen molar-refractivity contribution in [1.29, 1.82) is 0 Å². The normalized spacial score (nSPS) is 13.2. The van der Waals surface area contributed by atoms with Crippen LogP contribution in [-0.2, 0) is 6.18 Å². The van der Waals surface area contributed by atoms with Gasteiger partial charge in [0, 0.05) is 6.04 Å². The predicted molar refractivity (Wildman–Crippen MR) is 70.5 cm³/mol. The molecule has 0 aliphatic rings. The van der Waals surface area contributed by atoms with E-state index in [0.717, 1.165) is 37.8 Å². The molecule has 0 saturated carbocycles. The summed E-state index contributed by atoms with van der Waals surface area (Å²) >= 11 is 0. The molecule has 0 bridgehead atoms. The van der Waals surface area contributed by atoms with Crippen LogP contribution in [0.15, 0.2) is 24.3 Å². The van der Waals surface area contributed by atoms with Crippen LogP contribution in [0.3, 0.4) is 0 Å². The molecule has 1 aromatic carbocycles. The number of aliphatic hydroxyl groups excluding tert-OH is 1. The van der Waals surface area contributed by atoms with Crippen LogP contribution in [0.5, 0.6) is 5.75 Å². The van der Waals surface area contributed by atoms with E-state index in [9.17, 15) is 13.2 Å². The summed E-state index contributed by atoms with van der Waals surface area (Å²) in [7, 11) is 0. The maximum Gasteiger partial charge on any atom is 0.416 e. The minimum absolute atomic E-state index is 0.0119. The third-order valence-corrected chi connectivity index (χ3v) is 2.90. The second kappa shape index (κ2) is 8.11. The van der Waals surface area contributed by atoms with Crippen LogP contribution in [0.4, 0.5) is 13.2 Å². The first kappa shape index (κ1) is 16.8. The van der Waals surface area contributed by atoms with Gasteiger partial charge in [-0.1, -0.05) is 12.8 Å². The summed E-state index contributed by atoms with van der Waals surface area (Å²) in [6.45, 7) is 0.446. The number of aliphatic hydroxyl groups is 1. The van der Waals surface area contributed by atoms with Gasteiger partial charge >= 0.3 is 6.18 Å². The van der Waals surface area contributed by atoms with Crippen molar-refractivity contribution < 1.29 is 23.0 Å². The molecule has 1 atom stereocenters. The Morgan fingerprint density at radius 3 is 2.30 bits per heavy atom. The number of alkyl halides is 3. The third-order valence-electron chi connectivity index (χ3n) is 2.90. The molecule has 20 heavy (non-hydrogen) atoms. The van der Waals surface area contributed by atoms with E-state index in [2.05, 4.69) is 0 Å². The fourth-order valence-corrected chi connectivity index (χ4v) is 1.71. The molecular formula is C14H20F3NO2. The lowest BCUT2D eigenvalue weighted by Gasteiger charge is -2.10. The van der Waals surface area contributed by atoms with E-state index >= 15 is 0 Å².